The molecule has 1 aliphatic heterocycles. The number of nitrogens with one attached hydrogen (secondary N) is 1. The minimum absolute atomic E-state index is 0.0910. The van der Waals surface area contributed by atoms with Crippen LogP contribution in [-0.2, 0) is 4.74 Å². The van der Waals surface area contributed by atoms with Crippen molar-refractivity contribution >= 4 is 38.7 Å². The van der Waals surface area contributed by atoms with Gasteiger partial charge in [0.1, 0.15) is 16.0 Å². The molecule has 9 heteroatoms. The van der Waals surface area contributed by atoms with Gasteiger partial charge in [-0.1, -0.05) is 11.3 Å². The molecule has 4 heterocycles. The van der Waals surface area contributed by atoms with Gasteiger partial charge in [0.2, 0.25) is 0 Å². The summed E-state index contributed by atoms with van der Waals surface area (Å²) < 4.78 is 5.11. The number of hydrogen-bond donors (Lipinski definition) is 1. The Morgan fingerprint density at radius 1 is 1.24 bits per heavy atom. The maximum atomic E-state index is 13.1. The van der Waals surface area contributed by atoms with E-state index in [0.29, 0.717) is 55.3 Å². The number of aryl methyl sites for hydroxylation is 1. The molecule has 1 N–H and O–H groups in total. The van der Waals surface area contributed by atoms with Crippen molar-refractivity contribution in [3.8, 4) is 0 Å². The third-order valence-corrected chi connectivity index (χ3v) is 6.16. The summed E-state index contributed by atoms with van der Waals surface area (Å²) >= 11 is 1.57. The molecule has 0 atom stereocenters. The zero-order chi connectivity index (χ0) is 20.5. The molecule has 0 unspecified atom stereocenters. The zero-order valence-corrected chi connectivity index (χ0v) is 17.5. The number of amides is 1. The van der Waals surface area contributed by atoms with Crippen LogP contribution in [0.1, 0.15) is 39.0 Å². The van der Waals surface area contributed by atoms with Crippen molar-refractivity contribution in [3.05, 3.63) is 40.8 Å². The van der Waals surface area contributed by atoms with E-state index in [1.54, 1.807) is 38.3 Å². The first-order valence-electron chi connectivity index (χ1n) is 9.61. The SMILES string of the molecule is CCOC(=O)c1c(C)[nH]c(C(=O)N2CCN(c3nc4cccnc4s3)CC2)c1C. The number of aromatic nitrogens is 3. The van der Waals surface area contributed by atoms with Crippen LogP contribution in [0.5, 0.6) is 0 Å². The van der Waals surface area contributed by atoms with Gasteiger partial charge < -0.3 is 19.5 Å². The van der Waals surface area contributed by atoms with E-state index >= 15 is 0 Å². The molecule has 1 fully saturated rings. The predicted octanol–water partition coefficient (Wildman–Crippen LogP) is 2.78. The Bertz CT molecular complexity index is 1030. The molecule has 0 bridgehead atoms. The molecule has 0 saturated carbocycles. The van der Waals surface area contributed by atoms with E-state index in [9.17, 15) is 9.59 Å². The zero-order valence-electron chi connectivity index (χ0n) is 16.7. The number of carbonyl (C=O) groups is 2. The molecule has 0 radical (unpaired) electrons. The number of H-pyrrole nitrogens is 1. The van der Waals surface area contributed by atoms with Gasteiger partial charge in [0.05, 0.1) is 12.2 Å². The number of aromatic amines is 1. The number of rotatable bonds is 4. The van der Waals surface area contributed by atoms with E-state index in [1.165, 1.54) is 0 Å². The van der Waals surface area contributed by atoms with Crippen LogP contribution in [0.4, 0.5) is 5.13 Å². The van der Waals surface area contributed by atoms with Crippen molar-refractivity contribution in [1.29, 1.82) is 0 Å². The molecule has 8 nitrogen and oxygen atoms in total. The molecule has 152 valence electrons. The normalized spacial score (nSPS) is 14.4. The van der Waals surface area contributed by atoms with Gasteiger partial charge in [-0.15, -0.1) is 0 Å². The van der Waals surface area contributed by atoms with Gasteiger partial charge in [0.15, 0.2) is 5.13 Å². The fourth-order valence-corrected chi connectivity index (χ4v) is 4.59. The Morgan fingerprint density at radius 3 is 2.69 bits per heavy atom. The van der Waals surface area contributed by atoms with Gasteiger partial charge in [-0.2, -0.15) is 0 Å². The summed E-state index contributed by atoms with van der Waals surface area (Å²) in [5.74, 6) is -0.487. The number of carbonyl (C=O) groups excluding carboxylic acids is 2. The van der Waals surface area contributed by atoms with Crippen molar-refractivity contribution in [2.24, 2.45) is 0 Å². The molecular formula is C20H23N5O3S. The minimum Gasteiger partial charge on any atom is -0.462 e. The average Bonchev–Trinajstić information content (AvgIpc) is 3.28. The standard InChI is InChI=1S/C20H23N5O3S/c1-4-28-19(27)15-12(2)16(22-13(15)3)18(26)24-8-10-25(11-9-24)20-23-14-6-5-7-21-17(14)29-20/h5-7,22H,4,8-11H2,1-3H3. The molecule has 29 heavy (non-hydrogen) atoms. The van der Waals surface area contributed by atoms with Crippen LogP contribution in [0.3, 0.4) is 0 Å². The van der Waals surface area contributed by atoms with Crippen LogP contribution in [-0.4, -0.2) is 64.5 Å². The third kappa shape index (κ3) is 3.57. The topological polar surface area (TPSA) is 91.4 Å². The summed E-state index contributed by atoms with van der Waals surface area (Å²) in [4.78, 5) is 42.2. The Labute approximate surface area is 172 Å². The molecule has 0 spiro atoms. The second-order valence-corrected chi connectivity index (χ2v) is 7.90. The number of piperazine rings is 1. The van der Waals surface area contributed by atoms with Crippen LogP contribution in [0, 0.1) is 13.8 Å². The number of fused-ring (bicyclic) bond motifs is 1. The van der Waals surface area contributed by atoms with E-state index in [0.717, 1.165) is 15.5 Å². The number of anilines is 1. The maximum absolute atomic E-state index is 13.1. The Hall–Kier alpha value is -2.94. The lowest BCUT2D eigenvalue weighted by molar-refractivity contribution is 0.0525. The molecule has 1 amide bonds. The Balaban J connectivity index is 1.46. The number of thiazole rings is 1. The van der Waals surface area contributed by atoms with E-state index in [4.69, 9.17) is 4.74 Å². The van der Waals surface area contributed by atoms with Crippen molar-refractivity contribution in [2.75, 3.05) is 37.7 Å². The highest BCUT2D eigenvalue weighted by Gasteiger charge is 2.28. The summed E-state index contributed by atoms with van der Waals surface area (Å²) in [6, 6.07) is 3.84. The van der Waals surface area contributed by atoms with Gasteiger partial charge in [-0.25, -0.2) is 14.8 Å². The van der Waals surface area contributed by atoms with Gasteiger partial charge in [0.25, 0.3) is 5.91 Å². The van der Waals surface area contributed by atoms with Crippen molar-refractivity contribution in [3.63, 3.8) is 0 Å². The predicted molar refractivity (Wildman–Crippen MR) is 112 cm³/mol. The Morgan fingerprint density at radius 2 is 2.00 bits per heavy atom. The molecular weight excluding hydrogens is 390 g/mol. The summed E-state index contributed by atoms with van der Waals surface area (Å²) in [7, 11) is 0. The molecule has 3 aromatic rings. The summed E-state index contributed by atoms with van der Waals surface area (Å²) in [5.41, 5.74) is 3.12. The van der Waals surface area contributed by atoms with E-state index in [2.05, 4.69) is 19.9 Å². The van der Waals surface area contributed by atoms with Crippen LogP contribution in [0.15, 0.2) is 18.3 Å². The number of esters is 1. The highest BCUT2D eigenvalue weighted by molar-refractivity contribution is 7.21. The first-order valence-corrected chi connectivity index (χ1v) is 10.4. The third-order valence-electron chi connectivity index (χ3n) is 5.12. The fourth-order valence-electron chi connectivity index (χ4n) is 3.63. The number of ether oxygens (including phenoxy) is 1. The minimum atomic E-state index is -0.396. The highest BCUT2D eigenvalue weighted by atomic mass is 32.1. The molecule has 1 saturated heterocycles. The largest absolute Gasteiger partial charge is 0.462 e. The van der Waals surface area contributed by atoms with Crippen molar-refractivity contribution < 1.29 is 14.3 Å². The van der Waals surface area contributed by atoms with Gasteiger partial charge >= 0.3 is 5.97 Å². The number of hydrogen-bond acceptors (Lipinski definition) is 7. The first-order chi connectivity index (χ1) is 14.0. The van der Waals surface area contributed by atoms with Crippen LogP contribution < -0.4 is 4.90 Å². The fraction of sp³-hybridized carbons (Fsp3) is 0.400. The monoisotopic (exact) mass is 413 g/mol. The average molecular weight is 414 g/mol. The second-order valence-electron chi connectivity index (χ2n) is 6.95. The lowest BCUT2D eigenvalue weighted by Crippen LogP contribution is -2.49. The lowest BCUT2D eigenvalue weighted by atomic mass is 10.1. The molecule has 4 rings (SSSR count). The Kier molecular flexibility index (Phi) is 5.23. The van der Waals surface area contributed by atoms with Gasteiger partial charge in [-0.3, -0.25) is 4.79 Å². The quantitative estimate of drug-likeness (QED) is 0.662. The molecule has 0 aromatic carbocycles. The summed E-state index contributed by atoms with van der Waals surface area (Å²) in [6.07, 6.45) is 1.77. The summed E-state index contributed by atoms with van der Waals surface area (Å²) in [6.45, 7) is 8.23. The van der Waals surface area contributed by atoms with Crippen molar-refractivity contribution in [1.82, 2.24) is 19.9 Å². The maximum Gasteiger partial charge on any atom is 0.340 e. The number of pyridine rings is 1. The van der Waals surface area contributed by atoms with Crippen LogP contribution in [0.25, 0.3) is 10.3 Å². The van der Waals surface area contributed by atoms with E-state index < -0.39 is 5.97 Å². The smallest absolute Gasteiger partial charge is 0.340 e. The van der Waals surface area contributed by atoms with E-state index in [-0.39, 0.29) is 5.91 Å². The second kappa shape index (κ2) is 7.82. The lowest BCUT2D eigenvalue weighted by Gasteiger charge is -2.34. The summed E-state index contributed by atoms with van der Waals surface area (Å²) in [5, 5.41) is 0.933. The molecule has 3 aromatic heterocycles. The first kappa shape index (κ1) is 19.4. The molecule has 1 aliphatic rings. The van der Waals surface area contributed by atoms with E-state index in [1.807, 2.05) is 17.0 Å². The highest BCUT2D eigenvalue weighted by Crippen LogP contribution is 2.28. The van der Waals surface area contributed by atoms with Gasteiger partial charge in [-0.05, 0) is 38.5 Å². The molecule has 0 aliphatic carbocycles. The van der Waals surface area contributed by atoms with Crippen molar-refractivity contribution in [2.45, 2.75) is 20.8 Å². The van der Waals surface area contributed by atoms with Gasteiger partial charge in [0, 0.05) is 38.1 Å². The number of nitrogens with zero attached hydrogens (tertiary/aromatic N) is 4. The van der Waals surface area contributed by atoms with Crippen LogP contribution in [0.2, 0.25) is 0 Å². The van der Waals surface area contributed by atoms with Crippen LogP contribution >= 0.6 is 11.3 Å².